The average Bonchev–Trinajstić information content (AvgIpc) is 4.06. The molecule has 2 nitrogen and oxygen atoms in total. The first-order valence-electron chi connectivity index (χ1n) is 23.3. The zero-order valence-electron chi connectivity index (χ0n) is 37.0. The van der Waals surface area contributed by atoms with E-state index in [2.05, 4.69) is 225 Å². The Morgan fingerprint density at radius 1 is 0.328 bits per heavy atom. The van der Waals surface area contributed by atoms with Gasteiger partial charge in [0, 0.05) is 59.5 Å². The number of rotatable bonds is 3. The molecule has 3 aliphatic rings. The lowest BCUT2D eigenvalue weighted by Crippen LogP contribution is -2.29. The van der Waals surface area contributed by atoms with Crippen molar-refractivity contribution in [2.75, 3.05) is 4.90 Å². The van der Waals surface area contributed by atoms with E-state index in [9.17, 15) is 0 Å². The van der Waals surface area contributed by atoms with Gasteiger partial charge in [0.25, 0.3) is 0 Å². The first-order valence-corrected chi connectivity index (χ1v) is 24.1. The molecule has 1 unspecified atom stereocenters. The fourth-order valence-electron chi connectivity index (χ4n) is 12.6. The van der Waals surface area contributed by atoms with Gasteiger partial charge in [-0.1, -0.05) is 159 Å². The molecule has 15 rings (SSSR count). The quantitative estimate of drug-likeness (QED) is 0.176. The summed E-state index contributed by atoms with van der Waals surface area (Å²) in [6, 6.07) is 79.8. The number of furan rings is 1. The molecule has 0 N–H and O–H groups in total. The van der Waals surface area contributed by atoms with E-state index in [1.54, 1.807) is 0 Å². The molecule has 3 aliphatic carbocycles. The second kappa shape index (κ2) is 13.3. The second-order valence-corrected chi connectivity index (χ2v) is 20.2. The number of fused-ring (bicyclic) bond motifs is 21. The average molecular weight is 872 g/mol. The fourth-order valence-corrected chi connectivity index (χ4v) is 13.7. The van der Waals surface area contributed by atoms with E-state index in [0.29, 0.717) is 0 Å². The zero-order chi connectivity index (χ0) is 44.2. The minimum Gasteiger partial charge on any atom is -0.456 e. The van der Waals surface area contributed by atoms with Crippen LogP contribution < -0.4 is 4.90 Å². The van der Waals surface area contributed by atoms with Crippen LogP contribution in [0, 0.1) is 0 Å². The van der Waals surface area contributed by atoms with Crippen LogP contribution in [-0.2, 0) is 10.8 Å². The van der Waals surface area contributed by atoms with Gasteiger partial charge in [-0.15, -0.1) is 11.3 Å². The van der Waals surface area contributed by atoms with Crippen LogP contribution in [0.5, 0.6) is 0 Å². The lowest BCUT2D eigenvalue weighted by atomic mass is 9.66. The van der Waals surface area contributed by atoms with Crippen molar-refractivity contribution >= 4 is 70.5 Å². The number of thiophene rings is 1. The highest BCUT2D eigenvalue weighted by Crippen LogP contribution is 2.63. The monoisotopic (exact) mass is 871 g/mol. The summed E-state index contributed by atoms with van der Waals surface area (Å²) in [6.45, 7) is 4.74. The summed E-state index contributed by atoms with van der Waals surface area (Å²) in [6.07, 6.45) is 0. The summed E-state index contributed by atoms with van der Waals surface area (Å²) in [5, 5.41) is 4.89. The van der Waals surface area contributed by atoms with Crippen LogP contribution >= 0.6 is 11.3 Å². The van der Waals surface area contributed by atoms with Gasteiger partial charge in [-0.05, 0) is 139 Å². The third kappa shape index (κ3) is 4.89. The van der Waals surface area contributed by atoms with Crippen LogP contribution in [0.15, 0.2) is 217 Å². The molecule has 1 spiro atoms. The van der Waals surface area contributed by atoms with E-state index in [0.717, 1.165) is 39.0 Å². The Bertz CT molecular complexity index is 4110. The molecule has 314 valence electrons. The topological polar surface area (TPSA) is 16.4 Å². The van der Waals surface area contributed by atoms with Crippen LogP contribution in [0.4, 0.5) is 17.1 Å². The summed E-state index contributed by atoms with van der Waals surface area (Å²) in [5.41, 5.74) is 22.4. The Hall–Kier alpha value is -7.98. The molecule has 2 heterocycles. The van der Waals surface area contributed by atoms with Crippen molar-refractivity contribution in [2.24, 2.45) is 0 Å². The largest absolute Gasteiger partial charge is 0.456 e. The van der Waals surface area contributed by atoms with Crippen molar-refractivity contribution in [2.45, 2.75) is 24.7 Å². The molecule has 0 bridgehead atoms. The zero-order valence-corrected chi connectivity index (χ0v) is 37.8. The van der Waals surface area contributed by atoms with Crippen molar-refractivity contribution in [1.29, 1.82) is 0 Å². The molecule has 0 aliphatic heterocycles. The minimum atomic E-state index is -0.596. The molecule has 67 heavy (non-hydrogen) atoms. The van der Waals surface area contributed by atoms with Crippen LogP contribution in [0.2, 0.25) is 0 Å². The minimum absolute atomic E-state index is 0.162. The summed E-state index contributed by atoms with van der Waals surface area (Å²) >= 11 is 1.90. The lowest BCUT2D eigenvalue weighted by Gasteiger charge is -2.36. The Kier molecular flexibility index (Phi) is 7.41. The lowest BCUT2D eigenvalue weighted by molar-refractivity contribution is 0.660. The molecule has 12 aromatic rings. The van der Waals surface area contributed by atoms with Gasteiger partial charge < -0.3 is 9.32 Å². The van der Waals surface area contributed by atoms with E-state index >= 15 is 0 Å². The van der Waals surface area contributed by atoms with Crippen molar-refractivity contribution in [3.8, 4) is 44.5 Å². The van der Waals surface area contributed by atoms with Crippen LogP contribution in [0.1, 0.15) is 47.2 Å². The molecule has 0 radical (unpaired) electrons. The normalized spacial score (nSPS) is 15.8. The maximum absolute atomic E-state index is 6.61. The van der Waals surface area contributed by atoms with Gasteiger partial charge in [0.1, 0.15) is 11.2 Å². The molecule has 0 saturated heterocycles. The van der Waals surface area contributed by atoms with Gasteiger partial charge in [0.05, 0.1) is 5.41 Å². The van der Waals surface area contributed by atoms with Crippen molar-refractivity contribution in [3.05, 3.63) is 246 Å². The van der Waals surface area contributed by atoms with E-state index in [4.69, 9.17) is 4.42 Å². The summed E-state index contributed by atoms with van der Waals surface area (Å²) in [5.74, 6) is 0. The maximum atomic E-state index is 6.61. The molecule has 1 atom stereocenters. The highest BCUT2D eigenvalue weighted by molar-refractivity contribution is 7.25. The maximum Gasteiger partial charge on any atom is 0.137 e. The predicted octanol–water partition coefficient (Wildman–Crippen LogP) is 17.7. The highest BCUT2D eigenvalue weighted by Gasteiger charge is 2.50. The Labute approximate surface area is 392 Å². The Morgan fingerprint density at radius 3 is 1.64 bits per heavy atom. The first-order chi connectivity index (χ1) is 33.0. The molecular formula is C64H41NOS. The van der Waals surface area contributed by atoms with Crippen LogP contribution in [0.25, 0.3) is 86.6 Å². The predicted molar refractivity (Wildman–Crippen MR) is 281 cm³/mol. The second-order valence-electron chi connectivity index (χ2n) is 19.1. The smallest absolute Gasteiger partial charge is 0.137 e. The SMILES string of the molecule is CC1(C)c2ccccc2-c2ccc(N(c3ccc4c(c3)-c3ccccc3-c3ccccc3C43c4ccccc4-c4cc5c(cc43)sc3ccccc35)c3ccc4c(c3)oc3ccccc34)cc21. The van der Waals surface area contributed by atoms with E-state index in [1.807, 2.05) is 17.4 Å². The van der Waals surface area contributed by atoms with Gasteiger partial charge in [-0.3, -0.25) is 0 Å². The highest BCUT2D eigenvalue weighted by atomic mass is 32.1. The number of hydrogen-bond acceptors (Lipinski definition) is 3. The van der Waals surface area contributed by atoms with Crippen LogP contribution in [0.3, 0.4) is 0 Å². The van der Waals surface area contributed by atoms with Crippen molar-refractivity contribution in [1.82, 2.24) is 0 Å². The van der Waals surface area contributed by atoms with Crippen molar-refractivity contribution in [3.63, 3.8) is 0 Å². The van der Waals surface area contributed by atoms with E-state index in [-0.39, 0.29) is 5.41 Å². The molecule has 2 aromatic heterocycles. The molecule has 0 amide bonds. The summed E-state index contributed by atoms with van der Waals surface area (Å²) in [7, 11) is 0. The van der Waals surface area contributed by atoms with E-state index in [1.165, 1.54) is 98.1 Å². The third-order valence-electron chi connectivity index (χ3n) is 15.5. The number of para-hydroxylation sites is 1. The fraction of sp³-hybridized carbons (Fsp3) is 0.0625. The Morgan fingerprint density at radius 2 is 0.851 bits per heavy atom. The van der Waals surface area contributed by atoms with E-state index < -0.39 is 5.41 Å². The van der Waals surface area contributed by atoms with Gasteiger partial charge in [-0.2, -0.15) is 0 Å². The third-order valence-corrected chi connectivity index (χ3v) is 16.6. The van der Waals surface area contributed by atoms with Gasteiger partial charge in [0.2, 0.25) is 0 Å². The first kappa shape index (κ1) is 37.3. The molecule has 0 saturated carbocycles. The molecule has 0 fully saturated rings. The number of hydrogen-bond donors (Lipinski definition) is 0. The number of benzene rings is 10. The molecule has 3 heteroatoms. The summed E-state index contributed by atoms with van der Waals surface area (Å²) < 4.78 is 9.25. The Balaban J connectivity index is 1.03. The van der Waals surface area contributed by atoms with Gasteiger partial charge in [-0.25, -0.2) is 0 Å². The molecular weight excluding hydrogens is 831 g/mol. The standard InChI is InChI=1S/C64H41NOS/c1-63(2)53-22-10-5-18-44(53)46-30-27-39(34-57(46)63)65(40-28-31-48-47-20-8-13-25-59(47)66-60(48)35-40)38-29-32-56-50(33-38)42-16-4-3-15-41(42)43-17-6-11-23-54(43)64(56)55-24-12-7-19-45(55)51-36-52-49-21-9-14-26-61(49)67-62(52)37-58(51)64/h3-37H,1-2H3. The summed E-state index contributed by atoms with van der Waals surface area (Å²) in [4.78, 5) is 2.46. The van der Waals surface area contributed by atoms with Gasteiger partial charge in [0.15, 0.2) is 0 Å². The van der Waals surface area contributed by atoms with Crippen LogP contribution in [-0.4, -0.2) is 0 Å². The van der Waals surface area contributed by atoms with Crippen molar-refractivity contribution < 1.29 is 4.42 Å². The van der Waals surface area contributed by atoms with Gasteiger partial charge >= 0.3 is 0 Å². The molecule has 10 aromatic carbocycles. The number of nitrogens with zero attached hydrogens (tertiary/aromatic N) is 1. The number of anilines is 3.